The second-order valence-electron chi connectivity index (χ2n) is 11.1. The number of hydrogen-bond acceptors (Lipinski definition) is 3. The van der Waals surface area contributed by atoms with E-state index in [0.717, 1.165) is 38.5 Å². The molecule has 1 N–H and O–H groups in total. The molecule has 2 unspecified atom stereocenters. The van der Waals surface area contributed by atoms with Crippen molar-refractivity contribution < 1.29 is 19.4 Å². The van der Waals surface area contributed by atoms with Crippen molar-refractivity contribution in [3.63, 3.8) is 0 Å². The van der Waals surface area contributed by atoms with Crippen LogP contribution in [0.2, 0.25) is 0 Å². The Morgan fingerprint density at radius 3 is 1.65 bits per heavy atom. The van der Waals surface area contributed by atoms with E-state index >= 15 is 0 Å². The molecule has 0 bridgehead atoms. The fourth-order valence-electron chi connectivity index (χ4n) is 5.53. The molecule has 0 aromatic carbocycles. The van der Waals surface area contributed by atoms with E-state index in [1.165, 1.54) is 89.9 Å². The summed E-state index contributed by atoms with van der Waals surface area (Å²) in [5.74, 6) is -1.72. The molecule has 1 rings (SSSR count). The normalized spacial score (nSPS) is 20.5. The van der Waals surface area contributed by atoms with E-state index in [0.29, 0.717) is 12.8 Å². The maximum absolute atomic E-state index is 13.2. The third kappa shape index (κ3) is 12.6. The molecule has 0 aliphatic heterocycles. The Labute approximate surface area is 211 Å². The highest BCUT2D eigenvalue weighted by Crippen LogP contribution is 2.42. The molecule has 0 saturated heterocycles. The first kappa shape index (κ1) is 31.0. The molecule has 4 heteroatoms. The summed E-state index contributed by atoms with van der Waals surface area (Å²) in [5, 5.41) is 9.70. The summed E-state index contributed by atoms with van der Waals surface area (Å²) in [5.41, 5.74) is -0.874. The van der Waals surface area contributed by atoms with Crippen LogP contribution in [0.5, 0.6) is 0 Å². The molecular formula is C30H56O4. The molecule has 1 saturated carbocycles. The van der Waals surface area contributed by atoms with Crippen LogP contribution in [0.3, 0.4) is 0 Å². The average Bonchev–Trinajstić information content (AvgIpc) is 2.82. The molecule has 0 aromatic heterocycles. The molecule has 2 atom stereocenters. The highest BCUT2D eigenvalue weighted by atomic mass is 16.5. The van der Waals surface area contributed by atoms with Gasteiger partial charge in [-0.05, 0) is 45.4 Å². The van der Waals surface area contributed by atoms with Gasteiger partial charge in [-0.2, -0.15) is 0 Å². The van der Waals surface area contributed by atoms with Gasteiger partial charge in [-0.3, -0.25) is 9.59 Å². The van der Waals surface area contributed by atoms with Crippen LogP contribution in [0.15, 0.2) is 0 Å². The average molecular weight is 481 g/mol. The topological polar surface area (TPSA) is 63.6 Å². The van der Waals surface area contributed by atoms with Crippen molar-refractivity contribution in [1.29, 1.82) is 0 Å². The van der Waals surface area contributed by atoms with Gasteiger partial charge in [-0.15, -0.1) is 0 Å². The van der Waals surface area contributed by atoms with E-state index in [-0.39, 0.29) is 12.1 Å². The van der Waals surface area contributed by atoms with Crippen molar-refractivity contribution in [2.75, 3.05) is 0 Å². The van der Waals surface area contributed by atoms with E-state index in [4.69, 9.17) is 4.74 Å². The molecule has 0 heterocycles. The van der Waals surface area contributed by atoms with Crippen molar-refractivity contribution >= 4 is 11.9 Å². The largest absolute Gasteiger partial charge is 0.481 e. The molecule has 0 radical (unpaired) electrons. The lowest BCUT2D eigenvalue weighted by Crippen LogP contribution is -2.44. The van der Waals surface area contributed by atoms with E-state index in [2.05, 4.69) is 13.8 Å². The van der Waals surface area contributed by atoms with Crippen LogP contribution >= 0.6 is 0 Å². The Bertz CT molecular complexity index is 512. The van der Waals surface area contributed by atoms with Crippen LogP contribution < -0.4 is 0 Å². The second-order valence-corrected chi connectivity index (χ2v) is 11.1. The van der Waals surface area contributed by atoms with Gasteiger partial charge in [0, 0.05) is 0 Å². The minimum atomic E-state index is -0.874. The van der Waals surface area contributed by atoms with Crippen molar-refractivity contribution in [3.8, 4) is 0 Å². The maximum Gasteiger partial charge on any atom is 0.312 e. The van der Waals surface area contributed by atoms with Crippen molar-refractivity contribution in [2.24, 2.45) is 11.3 Å². The zero-order valence-corrected chi connectivity index (χ0v) is 22.9. The molecular weight excluding hydrogens is 424 g/mol. The van der Waals surface area contributed by atoms with Gasteiger partial charge in [0.2, 0.25) is 0 Å². The van der Waals surface area contributed by atoms with E-state index in [1.54, 1.807) is 0 Å². The molecule has 4 nitrogen and oxygen atoms in total. The SMILES string of the molecule is CCCCCCCCCCC(CCCCCCCCCC)OC(=O)C1(C)CCCCC1C(=O)O. The molecule has 1 fully saturated rings. The number of rotatable bonds is 21. The van der Waals surface area contributed by atoms with Crippen LogP contribution in [-0.4, -0.2) is 23.1 Å². The van der Waals surface area contributed by atoms with Gasteiger partial charge in [-0.1, -0.05) is 117 Å². The van der Waals surface area contributed by atoms with Gasteiger partial charge < -0.3 is 9.84 Å². The monoisotopic (exact) mass is 480 g/mol. The highest BCUT2D eigenvalue weighted by Gasteiger charge is 2.48. The Kier molecular flexibility index (Phi) is 17.5. The first-order chi connectivity index (χ1) is 16.5. The number of carbonyl (C=O) groups is 2. The summed E-state index contributed by atoms with van der Waals surface area (Å²) in [7, 11) is 0. The summed E-state index contributed by atoms with van der Waals surface area (Å²) >= 11 is 0. The molecule has 1 aliphatic carbocycles. The van der Waals surface area contributed by atoms with E-state index in [1.807, 2.05) is 6.92 Å². The van der Waals surface area contributed by atoms with Gasteiger partial charge in [-0.25, -0.2) is 0 Å². The zero-order chi connectivity index (χ0) is 25.1. The first-order valence-corrected chi connectivity index (χ1v) is 14.9. The predicted molar refractivity (Wildman–Crippen MR) is 142 cm³/mol. The summed E-state index contributed by atoms with van der Waals surface area (Å²) in [6, 6.07) is 0. The van der Waals surface area contributed by atoms with Crippen LogP contribution in [0, 0.1) is 11.3 Å². The third-order valence-electron chi connectivity index (χ3n) is 8.01. The lowest BCUT2D eigenvalue weighted by molar-refractivity contribution is -0.174. The first-order valence-electron chi connectivity index (χ1n) is 14.9. The number of aliphatic carboxylic acids is 1. The van der Waals surface area contributed by atoms with Crippen molar-refractivity contribution in [2.45, 2.75) is 168 Å². The van der Waals surface area contributed by atoms with Gasteiger partial charge >= 0.3 is 11.9 Å². The molecule has 200 valence electrons. The lowest BCUT2D eigenvalue weighted by atomic mass is 9.67. The quantitative estimate of drug-likeness (QED) is 0.131. The van der Waals surface area contributed by atoms with Gasteiger partial charge in [0.25, 0.3) is 0 Å². The summed E-state index contributed by atoms with van der Waals surface area (Å²) < 4.78 is 6.09. The molecule has 34 heavy (non-hydrogen) atoms. The van der Waals surface area contributed by atoms with Gasteiger partial charge in [0.05, 0.1) is 11.3 Å². The lowest BCUT2D eigenvalue weighted by Gasteiger charge is -2.37. The number of carboxylic acids is 1. The standard InChI is InChI=1S/C30H56O4/c1-4-6-8-10-12-14-16-18-22-26(23-19-17-15-13-11-9-7-5-2)34-29(33)30(3)25-21-20-24-27(30)28(31)32/h26-27H,4-25H2,1-3H3,(H,31,32). The second kappa shape index (κ2) is 19.2. The number of unbranched alkanes of at least 4 members (excludes halogenated alkanes) is 14. The minimum absolute atomic E-state index is 0.0547. The Morgan fingerprint density at radius 2 is 1.21 bits per heavy atom. The number of carbonyl (C=O) groups excluding carboxylic acids is 1. The van der Waals surface area contributed by atoms with Crippen LogP contribution in [-0.2, 0) is 14.3 Å². The van der Waals surface area contributed by atoms with Gasteiger partial charge in [0.1, 0.15) is 6.10 Å². The number of carboxylic acid groups (broad SMARTS) is 1. The summed E-state index contributed by atoms with van der Waals surface area (Å²) in [4.78, 5) is 25.1. The summed E-state index contributed by atoms with van der Waals surface area (Å²) in [6.07, 6.45) is 25.2. The van der Waals surface area contributed by atoms with E-state index < -0.39 is 17.3 Å². The highest BCUT2D eigenvalue weighted by molar-refractivity contribution is 5.84. The number of hydrogen-bond donors (Lipinski definition) is 1. The predicted octanol–water partition coefficient (Wildman–Crippen LogP) is 9.24. The fourth-order valence-corrected chi connectivity index (χ4v) is 5.53. The van der Waals surface area contributed by atoms with E-state index in [9.17, 15) is 14.7 Å². The van der Waals surface area contributed by atoms with Crippen molar-refractivity contribution in [1.82, 2.24) is 0 Å². The van der Waals surface area contributed by atoms with Crippen LogP contribution in [0.1, 0.15) is 162 Å². The molecule has 0 aromatic rings. The zero-order valence-electron chi connectivity index (χ0n) is 22.9. The Balaban J connectivity index is 2.50. The summed E-state index contributed by atoms with van der Waals surface area (Å²) in [6.45, 7) is 6.33. The molecule has 1 aliphatic rings. The Hall–Kier alpha value is -1.06. The third-order valence-corrected chi connectivity index (χ3v) is 8.01. The Morgan fingerprint density at radius 1 is 0.765 bits per heavy atom. The number of esters is 1. The van der Waals surface area contributed by atoms with Crippen LogP contribution in [0.4, 0.5) is 0 Å². The van der Waals surface area contributed by atoms with Crippen molar-refractivity contribution in [3.05, 3.63) is 0 Å². The minimum Gasteiger partial charge on any atom is -0.481 e. The fraction of sp³-hybridized carbons (Fsp3) is 0.933. The van der Waals surface area contributed by atoms with Crippen LogP contribution in [0.25, 0.3) is 0 Å². The molecule has 0 spiro atoms. The molecule has 0 amide bonds. The smallest absolute Gasteiger partial charge is 0.312 e. The maximum atomic E-state index is 13.2. The number of ether oxygens (including phenoxy) is 1. The van der Waals surface area contributed by atoms with Gasteiger partial charge in [0.15, 0.2) is 0 Å².